The van der Waals surface area contributed by atoms with E-state index >= 15 is 0 Å². The summed E-state index contributed by atoms with van der Waals surface area (Å²) in [5.74, 6) is 0.308. The fraction of sp³-hybridized carbons (Fsp3) is 0.357. The molecule has 1 saturated carbocycles. The second-order valence-electron chi connectivity index (χ2n) is 5.01. The molecule has 0 saturated heterocycles. The molecule has 0 N–H and O–H groups in total. The third-order valence-corrected chi connectivity index (χ3v) is 3.27. The van der Waals surface area contributed by atoms with E-state index in [0.29, 0.717) is 0 Å². The number of benzene rings is 1. The Morgan fingerprint density at radius 1 is 1.33 bits per heavy atom. The molecule has 1 aromatic carbocycles. The third kappa shape index (κ3) is 3.12. The third-order valence-electron chi connectivity index (χ3n) is 3.27. The Bertz CT molecular complexity index is 675. The average Bonchev–Trinajstić information content (AvgIpc) is 3.19. The van der Waals surface area contributed by atoms with E-state index in [1.807, 2.05) is 0 Å². The summed E-state index contributed by atoms with van der Waals surface area (Å²) in [5.41, 5.74) is -0.570. The molecule has 1 heterocycles. The number of carbonyl (C=O) groups is 1. The van der Waals surface area contributed by atoms with Crippen molar-refractivity contribution in [2.75, 3.05) is 0 Å². The first-order chi connectivity index (χ1) is 9.93. The highest BCUT2D eigenvalue weighted by Gasteiger charge is 2.32. The summed E-state index contributed by atoms with van der Waals surface area (Å²) in [4.78, 5) is 15.6. The minimum Gasteiger partial charge on any atom is -0.339 e. The zero-order valence-corrected chi connectivity index (χ0v) is 10.9. The van der Waals surface area contributed by atoms with E-state index in [0.717, 1.165) is 25.0 Å². The van der Waals surface area contributed by atoms with E-state index in [4.69, 9.17) is 4.52 Å². The Balaban J connectivity index is 1.81. The minimum absolute atomic E-state index is 0.0363. The maximum atomic E-state index is 12.6. The van der Waals surface area contributed by atoms with Crippen molar-refractivity contribution in [3.63, 3.8) is 0 Å². The molecule has 0 spiro atoms. The highest BCUT2D eigenvalue weighted by atomic mass is 19.4. The molecule has 110 valence electrons. The van der Waals surface area contributed by atoms with Gasteiger partial charge in [0.25, 0.3) is 0 Å². The van der Waals surface area contributed by atoms with Crippen molar-refractivity contribution in [1.82, 2.24) is 10.1 Å². The van der Waals surface area contributed by atoms with Crippen LogP contribution in [0.4, 0.5) is 13.2 Å². The largest absolute Gasteiger partial charge is 0.416 e. The Morgan fingerprint density at radius 3 is 2.76 bits per heavy atom. The van der Waals surface area contributed by atoms with E-state index in [-0.39, 0.29) is 35.4 Å². The Kier molecular flexibility index (Phi) is 3.27. The maximum absolute atomic E-state index is 12.6. The van der Waals surface area contributed by atoms with E-state index < -0.39 is 11.7 Å². The Hall–Kier alpha value is -2.18. The van der Waals surface area contributed by atoms with Crippen molar-refractivity contribution < 1.29 is 22.5 Å². The predicted octanol–water partition coefficient (Wildman–Crippen LogP) is 3.28. The van der Waals surface area contributed by atoms with Crippen LogP contribution in [-0.4, -0.2) is 15.9 Å². The lowest BCUT2D eigenvalue weighted by molar-refractivity contribution is -0.137. The molecule has 0 radical (unpaired) electrons. The van der Waals surface area contributed by atoms with Crippen LogP contribution in [-0.2, 0) is 17.4 Å². The van der Waals surface area contributed by atoms with Gasteiger partial charge >= 0.3 is 6.18 Å². The molecular formula is C14H11F3N2O2. The van der Waals surface area contributed by atoms with Crippen LogP contribution >= 0.6 is 0 Å². The number of alkyl halides is 3. The smallest absolute Gasteiger partial charge is 0.339 e. The van der Waals surface area contributed by atoms with Crippen molar-refractivity contribution >= 4 is 5.78 Å². The molecule has 1 aliphatic rings. The van der Waals surface area contributed by atoms with Gasteiger partial charge < -0.3 is 4.52 Å². The molecule has 0 amide bonds. The quantitative estimate of drug-likeness (QED) is 0.869. The van der Waals surface area contributed by atoms with Crippen LogP contribution in [0.1, 0.15) is 24.3 Å². The van der Waals surface area contributed by atoms with E-state index in [2.05, 4.69) is 10.1 Å². The normalized spacial score (nSPS) is 15.2. The summed E-state index contributed by atoms with van der Waals surface area (Å²) in [5, 5.41) is 3.64. The van der Waals surface area contributed by atoms with Gasteiger partial charge in [-0.25, -0.2) is 0 Å². The number of halogens is 3. The van der Waals surface area contributed by atoms with Gasteiger partial charge in [-0.05, 0) is 25.0 Å². The lowest BCUT2D eigenvalue weighted by Crippen LogP contribution is -2.05. The van der Waals surface area contributed by atoms with Crippen LogP contribution in [0.5, 0.6) is 0 Å². The molecule has 1 fully saturated rings. The van der Waals surface area contributed by atoms with Gasteiger partial charge in [0, 0.05) is 11.5 Å². The van der Waals surface area contributed by atoms with Crippen LogP contribution in [0, 0.1) is 5.92 Å². The molecule has 21 heavy (non-hydrogen) atoms. The van der Waals surface area contributed by atoms with Gasteiger partial charge in [0.05, 0.1) is 12.0 Å². The zero-order valence-electron chi connectivity index (χ0n) is 10.9. The molecule has 3 rings (SSSR count). The van der Waals surface area contributed by atoms with Gasteiger partial charge in [0.1, 0.15) is 5.78 Å². The van der Waals surface area contributed by atoms with Crippen LogP contribution < -0.4 is 0 Å². The lowest BCUT2D eigenvalue weighted by atomic mass is 10.1. The highest BCUT2D eigenvalue weighted by molar-refractivity contribution is 5.84. The predicted molar refractivity (Wildman–Crippen MR) is 66.2 cm³/mol. The van der Waals surface area contributed by atoms with Crippen LogP contribution in [0.3, 0.4) is 0 Å². The standard InChI is InChI=1S/C14H11F3N2O2/c15-14(16,17)10-3-1-2-9(6-10)13-18-12(21-19-13)7-11(20)8-4-5-8/h1-3,6,8H,4-5,7H2. The second kappa shape index (κ2) is 4.98. The number of hydrogen-bond donors (Lipinski definition) is 0. The first kappa shape index (κ1) is 13.8. The molecule has 7 heteroatoms. The fourth-order valence-corrected chi connectivity index (χ4v) is 1.98. The first-order valence-corrected chi connectivity index (χ1v) is 6.46. The molecule has 1 aliphatic carbocycles. The van der Waals surface area contributed by atoms with Gasteiger partial charge in [-0.15, -0.1) is 0 Å². The fourth-order valence-electron chi connectivity index (χ4n) is 1.98. The van der Waals surface area contributed by atoms with Crippen LogP contribution in [0.25, 0.3) is 11.4 Å². The first-order valence-electron chi connectivity index (χ1n) is 6.46. The number of rotatable bonds is 4. The molecular weight excluding hydrogens is 285 g/mol. The molecule has 0 atom stereocenters. The summed E-state index contributed by atoms with van der Waals surface area (Å²) in [6.45, 7) is 0. The van der Waals surface area contributed by atoms with Crippen molar-refractivity contribution in [2.24, 2.45) is 5.92 Å². The number of ketones is 1. The van der Waals surface area contributed by atoms with Crippen LogP contribution in [0.15, 0.2) is 28.8 Å². The minimum atomic E-state index is -4.43. The number of aromatic nitrogens is 2. The van der Waals surface area contributed by atoms with Gasteiger partial charge in [-0.3, -0.25) is 4.79 Å². The van der Waals surface area contributed by atoms with Crippen molar-refractivity contribution in [1.29, 1.82) is 0 Å². The average molecular weight is 296 g/mol. The van der Waals surface area contributed by atoms with Crippen molar-refractivity contribution in [3.05, 3.63) is 35.7 Å². The van der Waals surface area contributed by atoms with Crippen LogP contribution in [0.2, 0.25) is 0 Å². The molecule has 0 bridgehead atoms. The molecule has 1 aromatic heterocycles. The summed E-state index contributed by atoms with van der Waals surface area (Å²) < 4.78 is 42.9. The monoisotopic (exact) mass is 296 g/mol. The molecule has 2 aromatic rings. The van der Waals surface area contributed by atoms with Crippen molar-refractivity contribution in [2.45, 2.75) is 25.4 Å². The SMILES string of the molecule is O=C(Cc1nc(-c2cccc(C(F)(F)F)c2)no1)C1CC1. The van der Waals surface area contributed by atoms with Gasteiger partial charge in [-0.1, -0.05) is 17.3 Å². The maximum Gasteiger partial charge on any atom is 0.416 e. The summed E-state index contributed by atoms with van der Waals surface area (Å²) >= 11 is 0. The molecule has 4 nitrogen and oxygen atoms in total. The van der Waals surface area contributed by atoms with E-state index in [9.17, 15) is 18.0 Å². The lowest BCUT2D eigenvalue weighted by Gasteiger charge is -2.06. The Morgan fingerprint density at radius 2 is 2.10 bits per heavy atom. The number of Topliss-reactive ketones (excluding diaryl/α,β-unsaturated/α-hetero) is 1. The van der Waals surface area contributed by atoms with E-state index in [1.54, 1.807) is 0 Å². The van der Waals surface area contributed by atoms with Gasteiger partial charge in [0.15, 0.2) is 0 Å². The Labute approximate surface area is 118 Å². The van der Waals surface area contributed by atoms with E-state index in [1.165, 1.54) is 12.1 Å². The number of hydrogen-bond acceptors (Lipinski definition) is 4. The molecule has 0 aliphatic heterocycles. The van der Waals surface area contributed by atoms with Gasteiger partial charge in [-0.2, -0.15) is 18.2 Å². The summed E-state index contributed by atoms with van der Waals surface area (Å²) in [6.07, 6.45) is -2.62. The van der Waals surface area contributed by atoms with Gasteiger partial charge in [0.2, 0.25) is 11.7 Å². The zero-order chi connectivity index (χ0) is 15.0. The molecule has 0 unspecified atom stereocenters. The highest BCUT2D eigenvalue weighted by Crippen LogP contribution is 2.32. The number of carbonyl (C=O) groups excluding carboxylic acids is 1. The topological polar surface area (TPSA) is 56.0 Å². The van der Waals surface area contributed by atoms with Crippen molar-refractivity contribution in [3.8, 4) is 11.4 Å². The summed E-state index contributed by atoms with van der Waals surface area (Å²) in [6, 6.07) is 4.68. The summed E-state index contributed by atoms with van der Waals surface area (Å²) in [7, 11) is 0. The second-order valence-corrected chi connectivity index (χ2v) is 5.01. The number of nitrogens with zero attached hydrogens (tertiary/aromatic N) is 2.